The molecule has 1 aromatic carbocycles. The molecule has 0 bridgehead atoms. The number of phenolic OH excluding ortho intramolecular Hbond substituents is 1. The first-order chi connectivity index (χ1) is 7.49. The molecule has 4 heteroatoms. The van der Waals surface area contributed by atoms with Gasteiger partial charge in [-0.1, -0.05) is 13.8 Å². The van der Waals surface area contributed by atoms with Crippen LogP contribution in [0, 0.1) is 17.6 Å². The maximum absolute atomic E-state index is 13.7. The molecular formula is C12H17F2NO. The predicted octanol–water partition coefficient (Wildman–Crippen LogP) is 2.76. The molecule has 16 heavy (non-hydrogen) atoms. The molecule has 0 heterocycles. The summed E-state index contributed by atoms with van der Waals surface area (Å²) in [5.41, 5.74) is 5.38. The molecule has 0 radical (unpaired) electrons. The van der Waals surface area contributed by atoms with Crippen LogP contribution in [0.3, 0.4) is 0 Å². The van der Waals surface area contributed by atoms with Crippen LogP contribution in [-0.4, -0.2) is 11.7 Å². The van der Waals surface area contributed by atoms with Crippen molar-refractivity contribution in [2.75, 3.05) is 6.54 Å². The van der Waals surface area contributed by atoms with Crippen molar-refractivity contribution in [1.29, 1.82) is 0 Å². The molecule has 90 valence electrons. The van der Waals surface area contributed by atoms with Crippen molar-refractivity contribution in [3.63, 3.8) is 0 Å². The van der Waals surface area contributed by atoms with Crippen LogP contribution in [0.4, 0.5) is 8.78 Å². The van der Waals surface area contributed by atoms with E-state index in [-0.39, 0.29) is 17.4 Å². The zero-order valence-corrected chi connectivity index (χ0v) is 9.50. The van der Waals surface area contributed by atoms with E-state index in [1.54, 1.807) is 0 Å². The van der Waals surface area contributed by atoms with E-state index in [1.807, 2.05) is 13.8 Å². The van der Waals surface area contributed by atoms with Crippen LogP contribution >= 0.6 is 0 Å². The number of halogens is 2. The largest absolute Gasteiger partial charge is 0.505 e. The minimum absolute atomic E-state index is 0.0551. The minimum atomic E-state index is -0.868. The number of benzene rings is 1. The molecule has 0 spiro atoms. The van der Waals surface area contributed by atoms with Crippen LogP contribution < -0.4 is 5.73 Å². The molecule has 0 aliphatic rings. The molecule has 0 saturated heterocycles. The molecule has 0 aliphatic heterocycles. The lowest BCUT2D eigenvalue weighted by Gasteiger charge is -2.22. The van der Waals surface area contributed by atoms with Crippen molar-refractivity contribution in [3.8, 4) is 5.75 Å². The highest BCUT2D eigenvalue weighted by atomic mass is 19.1. The first-order valence-corrected chi connectivity index (χ1v) is 5.36. The van der Waals surface area contributed by atoms with Crippen LogP contribution in [0.15, 0.2) is 12.1 Å². The van der Waals surface area contributed by atoms with Crippen LogP contribution in [0.25, 0.3) is 0 Å². The van der Waals surface area contributed by atoms with Gasteiger partial charge in [0.1, 0.15) is 5.82 Å². The Labute approximate surface area is 94.1 Å². The lowest BCUT2D eigenvalue weighted by molar-refractivity contribution is 0.392. The average Bonchev–Trinajstić information content (AvgIpc) is 2.22. The number of aromatic hydroxyl groups is 1. The average molecular weight is 229 g/mol. The Morgan fingerprint density at radius 3 is 2.44 bits per heavy atom. The van der Waals surface area contributed by atoms with E-state index in [1.165, 1.54) is 0 Å². The Morgan fingerprint density at radius 1 is 1.31 bits per heavy atom. The van der Waals surface area contributed by atoms with Gasteiger partial charge in [0.25, 0.3) is 0 Å². The number of nitrogens with two attached hydrogens (primary N) is 1. The van der Waals surface area contributed by atoms with Crippen molar-refractivity contribution in [1.82, 2.24) is 0 Å². The third-order valence-electron chi connectivity index (χ3n) is 2.76. The Kier molecular flexibility index (Phi) is 4.24. The van der Waals surface area contributed by atoms with Gasteiger partial charge in [-0.2, -0.15) is 0 Å². The smallest absolute Gasteiger partial charge is 0.171 e. The van der Waals surface area contributed by atoms with Gasteiger partial charge in [0.2, 0.25) is 0 Å². The second kappa shape index (κ2) is 5.25. The van der Waals surface area contributed by atoms with Crippen molar-refractivity contribution in [2.45, 2.75) is 26.2 Å². The third-order valence-corrected chi connectivity index (χ3v) is 2.76. The fourth-order valence-corrected chi connectivity index (χ4v) is 1.89. The van der Waals surface area contributed by atoms with Crippen molar-refractivity contribution in [2.24, 2.45) is 11.7 Å². The van der Waals surface area contributed by atoms with Crippen LogP contribution in [-0.2, 0) is 0 Å². The van der Waals surface area contributed by atoms with Crippen molar-refractivity contribution >= 4 is 0 Å². The topological polar surface area (TPSA) is 46.2 Å². The molecule has 3 N–H and O–H groups in total. The van der Waals surface area contributed by atoms with Gasteiger partial charge in [0, 0.05) is 5.56 Å². The van der Waals surface area contributed by atoms with Gasteiger partial charge in [0.15, 0.2) is 11.6 Å². The van der Waals surface area contributed by atoms with Gasteiger partial charge >= 0.3 is 0 Å². The maximum atomic E-state index is 13.7. The molecule has 1 aromatic rings. The van der Waals surface area contributed by atoms with Crippen molar-refractivity contribution < 1.29 is 13.9 Å². The summed E-state index contributed by atoms with van der Waals surface area (Å²) in [6.07, 6.45) is 0.495. The zero-order valence-electron chi connectivity index (χ0n) is 9.50. The van der Waals surface area contributed by atoms with E-state index >= 15 is 0 Å². The minimum Gasteiger partial charge on any atom is -0.505 e. The van der Waals surface area contributed by atoms with E-state index in [0.717, 1.165) is 12.1 Å². The van der Waals surface area contributed by atoms with E-state index < -0.39 is 17.4 Å². The molecule has 0 aliphatic carbocycles. The number of rotatable bonds is 4. The molecule has 1 rings (SSSR count). The summed E-state index contributed by atoms with van der Waals surface area (Å²) in [7, 11) is 0. The standard InChI is InChI=1S/C12H17F2NO/c1-7(2)8(5-6-15)11-9(13)3-4-10(16)12(11)14/h3-4,7-8,16H,5-6,15H2,1-2H3. The van der Waals surface area contributed by atoms with Gasteiger partial charge < -0.3 is 10.8 Å². The van der Waals surface area contributed by atoms with Gasteiger partial charge in [-0.25, -0.2) is 8.78 Å². The lowest BCUT2D eigenvalue weighted by Crippen LogP contribution is -2.15. The summed E-state index contributed by atoms with van der Waals surface area (Å²) in [4.78, 5) is 0. The van der Waals surface area contributed by atoms with E-state index in [0.29, 0.717) is 13.0 Å². The summed E-state index contributed by atoms with van der Waals surface area (Å²) in [5, 5.41) is 9.25. The van der Waals surface area contributed by atoms with Gasteiger partial charge in [-0.15, -0.1) is 0 Å². The highest BCUT2D eigenvalue weighted by Gasteiger charge is 2.24. The van der Waals surface area contributed by atoms with Gasteiger partial charge in [-0.05, 0) is 36.9 Å². The maximum Gasteiger partial charge on any atom is 0.171 e. The van der Waals surface area contributed by atoms with Crippen molar-refractivity contribution in [3.05, 3.63) is 29.3 Å². The first-order valence-electron chi connectivity index (χ1n) is 5.36. The molecule has 0 saturated carbocycles. The summed E-state index contributed by atoms with van der Waals surface area (Å²) in [6, 6.07) is 2.10. The van der Waals surface area contributed by atoms with Gasteiger partial charge in [0.05, 0.1) is 0 Å². The van der Waals surface area contributed by atoms with E-state index in [2.05, 4.69) is 0 Å². The van der Waals surface area contributed by atoms with Crippen LogP contribution in [0.1, 0.15) is 31.7 Å². The summed E-state index contributed by atoms with van der Waals surface area (Å²) in [5.74, 6) is -2.25. The molecule has 0 aromatic heterocycles. The molecule has 1 unspecified atom stereocenters. The number of phenols is 1. The fourth-order valence-electron chi connectivity index (χ4n) is 1.89. The second-order valence-electron chi connectivity index (χ2n) is 4.22. The Morgan fingerprint density at radius 2 is 1.94 bits per heavy atom. The Bertz CT molecular complexity index is 366. The summed E-state index contributed by atoms with van der Waals surface area (Å²) in [6.45, 7) is 4.11. The Balaban J connectivity index is 3.22. The van der Waals surface area contributed by atoms with Crippen LogP contribution in [0.5, 0.6) is 5.75 Å². The monoisotopic (exact) mass is 229 g/mol. The molecule has 2 nitrogen and oxygen atoms in total. The molecule has 0 fully saturated rings. The van der Waals surface area contributed by atoms with E-state index in [4.69, 9.17) is 5.73 Å². The number of hydrogen-bond donors (Lipinski definition) is 2. The second-order valence-corrected chi connectivity index (χ2v) is 4.22. The third kappa shape index (κ3) is 2.50. The molecular weight excluding hydrogens is 212 g/mol. The fraction of sp³-hybridized carbons (Fsp3) is 0.500. The highest BCUT2D eigenvalue weighted by molar-refractivity contribution is 5.34. The summed E-state index contributed by atoms with van der Waals surface area (Å²) >= 11 is 0. The highest BCUT2D eigenvalue weighted by Crippen LogP contribution is 2.34. The Hall–Kier alpha value is -1.16. The predicted molar refractivity (Wildman–Crippen MR) is 59.3 cm³/mol. The molecule has 0 amide bonds. The van der Waals surface area contributed by atoms with Gasteiger partial charge in [-0.3, -0.25) is 0 Å². The van der Waals surface area contributed by atoms with E-state index in [9.17, 15) is 13.9 Å². The first kappa shape index (κ1) is 12.9. The normalized spacial score (nSPS) is 13.1. The quantitative estimate of drug-likeness (QED) is 0.833. The SMILES string of the molecule is CC(C)C(CCN)c1c(F)ccc(O)c1F. The zero-order chi connectivity index (χ0) is 12.3. The van der Waals surface area contributed by atoms with Crippen LogP contribution in [0.2, 0.25) is 0 Å². The number of hydrogen-bond acceptors (Lipinski definition) is 2. The molecule has 1 atom stereocenters. The summed E-state index contributed by atoms with van der Waals surface area (Å²) < 4.78 is 27.2. The lowest BCUT2D eigenvalue weighted by atomic mass is 9.85.